The molecule has 5 nitrogen and oxygen atoms in total. The van der Waals surface area contributed by atoms with E-state index in [0.717, 1.165) is 6.07 Å². The van der Waals surface area contributed by atoms with Gasteiger partial charge in [0.1, 0.15) is 28.6 Å². The molecule has 25 heavy (non-hydrogen) atoms. The van der Waals surface area contributed by atoms with Gasteiger partial charge in [-0.1, -0.05) is 6.07 Å². The van der Waals surface area contributed by atoms with E-state index < -0.39 is 11.8 Å². The first-order valence-corrected chi connectivity index (χ1v) is 7.40. The minimum absolute atomic E-state index is 0.0105. The molecule has 0 fully saturated rings. The number of hydrogen-bond acceptors (Lipinski definition) is 5. The van der Waals surface area contributed by atoms with E-state index in [4.69, 9.17) is 14.2 Å². The van der Waals surface area contributed by atoms with Crippen molar-refractivity contribution in [1.29, 1.82) is 0 Å². The Balaban J connectivity index is 1.71. The highest BCUT2D eigenvalue weighted by Gasteiger charge is 2.16. The molecule has 0 saturated heterocycles. The Morgan fingerprint density at radius 3 is 2.44 bits per heavy atom. The van der Waals surface area contributed by atoms with Gasteiger partial charge in [0.05, 0.1) is 7.11 Å². The van der Waals surface area contributed by atoms with Crippen molar-refractivity contribution >= 4 is 5.97 Å². The molecule has 0 N–H and O–H groups in total. The summed E-state index contributed by atoms with van der Waals surface area (Å²) in [5.41, 5.74) is 0.0105. The van der Waals surface area contributed by atoms with Crippen molar-refractivity contribution in [3.05, 3.63) is 78.2 Å². The topological polar surface area (TPSA) is 57.7 Å². The number of esters is 1. The molecular weight excluding hydrogens is 325 g/mol. The second kappa shape index (κ2) is 7.44. The molecule has 126 valence electrons. The molecule has 0 aliphatic heterocycles. The molecule has 0 bridgehead atoms. The summed E-state index contributed by atoms with van der Waals surface area (Å²) >= 11 is 0. The van der Waals surface area contributed by atoms with Gasteiger partial charge in [-0.3, -0.25) is 0 Å². The van der Waals surface area contributed by atoms with Gasteiger partial charge in [-0.2, -0.15) is 0 Å². The van der Waals surface area contributed by atoms with E-state index in [1.165, 1.54) is 19.2 Å². The number of carbonyl (C=O) groups is 1. The van der Waals surface area contributed by atoms with Crippen LogP contribution in [0.15, 0.2) is 66.9 Å². The van der Waals surface area contributed by atoms with Crippen LogP contribution in [0.3, 0.4) is 0 Å². The maximum atomic E-state index is 13.4. The zero-order valence-corrected chi connectivity index (χ0v) is 13.3. The molecule has 1 heterocycles. The minimum atomic E-state index is -0.713. The van der Waals surface area contributed by atoms with Crippen molar-refractivity contribution in [2.75, 3.05) is 7.11 Å². The molecule has 3 rings (SSSR count). The maximum Gasteiger partial charge on any atom is 0.347 e. The van der Waals surface area contributed by atoms with Crippen LogP contribution < -0.4 is 14.2 Å². The van der Waals surface area contributed by atoms with Gasteiger partial charge in [-0.05, 0) is 48.5 Å². The van der Waals surface area contributed by atoms with Crippen LogP contribution in [0.25, 0.3) is 0 Å². The van der Waals surface area contributed by atoms with Gasteiger partial charge in [-0.25, -0.2) is 14.2 Å². The Labute approximate surface area is 143 Å². The molecule has 0 aliphatic rings. The quantitative estimate of drug-likeness (QED) is 0.514. The average Bonchev–Trinajstić information content (AvgIpc) is 2.64. The average molecular weight is 339 g/mol. The first kappa shape index (κ1) is 16.4. The fourth-order valence-electron chi connectivity index (χ4n) is 2.11. The highest BCUT2D eigenvalue weighted by Crippen LogP contribution is 2.25. The van der Waals surface area contributed by atoms with E-state index in [9.17, 15) is 9.18 Å². The Morgan fingerprint density at radius 2 is 1.76 bits per heavy atom. The summed E-state index contributed by atoms with van der Waals surface area (Å²) in [5, 5.41) is 0. The first-order chi connectivity index (χ1) is 12.2. The van der Waals surface area contributed by atoms with Crippen LogP contribution in [0, 0.1) is 5.82 Å². The van der Waals surface area contributed by atoms with Crippen molar-refractivity contribution in [3.63, 3.8) is 0 Å². The number of methoxy groups -OCH3 is 1. The number of rotatable bonds is 5. The smallest absolute Gasteiger partial charge is 0.347 e. The minimum Gasteiger partial charge on any atom is -0.496 e. The van der Waals surface area contributed by atoms with Crippen molar-refractivity contribution in [1.82, 2.24) is 4.98 Å². The van der Waals surface area contributed by atoms with E-state index in [1.54, 1.807) is 42.6 Å². The summed E-state index contributed by atoms with van der Waals surface area (Å²) in [6.45, 7) is 0. The molecule has 3 aromatic rings. The molecule has 0 unspecified atom stereocenters. The number of ether oxygens (including phenoxy) is 3. The van der Waals surface area contributed by atoms with Gasteiger partial charge in [0.25, 0.3) is 0 Å². The monoisotopic (exact) mass is 339 g/mol. The highest BCUT2D eigenvalue weighted by molar-refractivity contribution is 5.94. The predicted octanol–water partition coefficient (Wildman–Crippen LogP) is 4.24. The lowest BCUT2D eigenvalue weighted by molar-refractivity contribution is 0.0730. The largest absolute Gasteiger partial charge is 0.496 e. The number of halogens is 1. The highest BCUT2D eigenvalue weighted by atomic mass is 19.1. The standard InChI is InChI=1S/C19H14FNO4/c1-23-17-10-5-13(20)12-16(17)19(22)25-15-8-6-14(7-9-15)24-18-4-2-3-11-21-18/h2-12H,1H3. The molecule has 0 spiro atoms. The first-order valence-electron chi connectivity index (χ1n) is 7.40. The summed E-state index contributed by atoms with van der Waals surface area (Å²) in [4.78, 5) is 16.3. The summed E-state index contributed by atoms with van der Waals surface area (Å²) in [5.74, 6) is 0.270. The Kier molecular flexibility index (Phi) is 4.89. The van der Waals surface area contributed by atoms with E-state index in [-0.39, 0.29) is 11.3 Å². The number of pyridine rings is 1. The number of carbonyl (C=O) groups excluding carboxylic acids is 1. The third kappa shape index (κ3) is 4.11. The predicted molar refractivity (Wildman–Crippen MR) is 88.7 cm³/mol. The maximum absolute atomic E-state index is 13.4. The number of benzene rings is 2. The van der Waals surface area contributed by atoms with Gasteiger partial charge in [-0.15, -0.1) is 0 Å². The van der Waals surface area contributed by atoms with Gasteiger partial charge in [0.2, 0.25) is 5.88 Å². The van der Waals surface area contributed by atoms with E-state index in [0.29, 0.717) is 17.4 Å². The number of aromatic nitrogens is 1. The third-order valence-electron chi connectivity index (χ3n) is 3.28. The van der Waals surface area contributed by atoms with Crippen LogP contribution in [-0.2, 0) is 0 Å². The van der Waals surface area contributed by atoms with Gasteiger partial charge >= 0.3 is 5.97 Å². The Morgan fingerprint density at radius 1 is 1.00 bits per heavy atom. The van der Waals surface area contributed by atoms with Crippen molar-refractivity contribution < 1.29 is 23.4 Å². The summed E-state index contributed by atoms with van der Waals surface area (Å²) in [7, 11) is 1.40. The molecule has 0 radical (unpaired) electrons. The van der Waals surface area contributed by atoms with Gasteiger partial charge < -0.3 is 14.2 Å². The normalized spacial score (nSPS) is 10.2. The lowest BCUT2D eigenvalue weighted by atomic mass is 10.2. The Bertz CT molecular complexity index is 866. The van der Waals surface area contributed by atoms with Gasteiger partial charge in [0.15, 0.2) is 0 Å². The van der Waals surface area contributed by atoms with Crippen LogP contribution in [0.1, 0.15) is 10.4 Å². The van der Waals surface area contributed by atoms with Crippen molar-refractivity contribution in [3.8, 4) is 23.1 Å². The Hall–Kier alpha value is -3.41. The molecule has 0 amide bonds. The number of nitrogens with zero attached hydrogens (tertiary/aromatic N) is 1. The zero-order chi connectivity index (χ0) is 17.6. The fourth-order valence-corrected chi connectivity index (χ4v) is 2.11. The molecule has 2 aromatic carbocycles. The van der Waals surface area contributed by atoms with Crippen LogP contribution in [-0.4, -0.2) is 18.1 Å². The van der Waals surface area contributed by atoms with Crippen LogP contribution in [0.5, 0.6) is 23.1 Å². The summed E-state index contributed by atoms with van der Waals surface area (Å²) < 4.78 is 29.2. The molecule has 1 aromatic heterocycles. The van der Waals surface area contributed by atoms with Crippen LogP contribution >= 0.6 is 0 Å². The molecule has 0 saturated carbocycles. The number of hydrogen-bond donors (Lipinski definition) is 0. The second-order valence-electron chi connectivity index (χ2n) is 4.98. The summed E-state index contributed by atoms with van der Waals surface area (Å²) in [6, 6.07) is 15.4. The SMILES string of the molecule is COc1ccc(F)cc1C(=O)Oc1ccc(Oc2ccccn2)cc1. The summed E-state index contributed by atoms with van der Waals surface area (Å²) in [6.07, 6.45) is 1.62. The lowest BCUT2D eigenvalue weighted by Crippen LogP contribution is -2.10. The van der Waals surface area contributed by atoms with Gasteiger partial charge in [0, 0.05) is 12.3 Å². The van der Waals surface area contributed by atoms with Crippen molar-refractivity contribution in [2.45, 2.75) is 0 Å². The second-order valence-corrected chi connectivity index (χ2v) is 4.98. The molecule has 0 aliphatic carbocycles. The zero-order valence-electron chi connectivity index (χ0n) is 13.3. The van der Waals surface area contributed by atoms with Crippen LogP contribution in [0.4, 0.5) is 4.39 Å². The fraction of sp³-hybridized carbons (Fsp3) is 0.0526. The third-order valence-corrected chi connectivity index (χ3v) is 3.28. The van der Waals surface area contributed by atoms with E-state index >= 15 is 0 Å². The van der Waals surface area contributed by atoms with Crippen LogP contribution in [0.2, 0.25) is 0 Å². The lowest BCUT2D eigenvalue weighted by Gasteiger charge is -2.09. The molecule has 6 heteroatoms. The molecular formula is C19H14FNO4. The van der Waals surface area contributed by atoms with E-state index in [2.05, 4.69) is 4.98 Å². The van der Waals surface area contributed by atoms with Crippen molar-refractivity contribution in [2.24, 2.45) is 0 Å². The molecule has 0 atom stereocenters. The van der Waals surface area contributed by atoms with E-state index in [1.807, 2.05) is 6.07 Å².